The molecule has 6 heteroatoms. The van der Waals surface area contributed by atoms with Gasteiger partial charge in [-0.2, -0.15) is 0 Å². The van der Waals surface area contributed by atoms with Gasteiger partial charge in [-0.1, -0.05) is 20.8 Å². The van der Waals surface area contributed by atoms with Gasteiger partial charge in [-0.25, -0.2) is 9.18 Å². The molecule has 0 aliphatic heterocycles. The highest BCUT2D eigenvalue weighted by atomic mass is 19.1. The molecule has 0 aliphatic carbocycles. The van der Waals surface area contributed by atoms with Gasteiger partial charge < -0.3 is 15.5 Å². The van der Waals surface area contributed by atoms with Crippen molar-refractivity contribution in [1.29, 1.82) is 0 Å². The van der Waals surface area contributed by atoms with Crippen molar-refractivity contribution in [2.45, 2.75) is 26.8 Å². The Labute approximate surface area is 110 Å². The lowest BCUT2D eigenvalue weighted by molar-refractivity contribution is -0.142. The molecule has 0 aliphatic rings. The summed E-state index contributed by atoms with van der Waals surface area (Å²) in [7, 11) is 0. The Morgan fingerprint density at radius 1 is 1.32 bits per heavy atom. The van der Waals surface area contributed by atoms with Gasteiger partial charge in [0.2, 0.25) is 0 Å². The van der Waals surface area contributed by atoms with E-state index >= 15 is 0 Å². The van der Waals surface area contributed by atoms with E-state index in [1.165, 1.54) is 0 Å². The summed E-state index contributed by atoms with van der Waals surface area (Å²) in [6.07, 6.45) is 0. The Kier molecular flexibility index (Phi) is 4.14. The van der Waals surface area contributed by atoms with Crippen molar-refractivity contribution in [2.75, 3.05) is 0 Å². The van der Waals surface area contributed by atoms with Crippen LogP contribution in [0.5, 0.6) is 5.75 Å². The third kappa shape index (κ3) is 3.67. The van der Waals surface area contributed by atoms with Crippen LogP contribution in [0.3, 0.4) is 0 Å². The van der Waals surface area contributed by atoms with E-state index in [2.05, 4.69) is 5.32 Å². The summed E-state index contributed by atoms with van der Waals surface area (Å²) in [6.45, 7) is 4.96. The van der Waals surface area contributed by atoms with Crippen LogP contribution in [0.1, 0.15) is 31.1 Å². The number of phenolic OH excluding ortho intramolecular Hbond substituents is 1. The van der Waals surface area contributed by atoms with Gasteiger partial charge in [0.1, 0.15) is 17.6 Å². The highest BCUT2D eigenvalue weighted by Gasteiger charge is 2.33. The Bertz CT molecular complexity index is 508. The molecule has 1 atom stereocenters. The van der Waals surface area contributed by atoms with Crippen LogP contribution in [0.2, 0.25) is 0 Å². The predicted molar refractivity (Wildman–Crippen MR) is 66.4 cm³/mol. The van der Waals surface area contributed by atoms with Crippen LogP contribution < -0.4 is 5.32 Å². The molecule has 1 rings (SSSR count). The first-order valence-corrected chi connectivity index (χ1v) is 5.65. The number of benzene rings is 1. The van der Waals surface area contributed by atoms with Gasteiger partial charge in [0.25, 0.3) is 5.91 Å². The van der Waals surface area contributed by atoms with Gasteiger partial charge in [-0.15, -0.1) is 0 Å². The number of hydrogen-bond donors (Lipinski definition) is 3. The second-order valence-corrected chi connectivity index (χ2v) is 5.27. The SMILES string of the molecule is CC(C)(C)C(NC(=O)c1ccc(O)cc1F)C(=O)O. The van der Waals surface area contributed by atoms with Crippen molar-refractivity contribution in [1.82, 2.24) is 5.32 Å². The summed E-state index contributed by atoms with van der Waals surface area (Å²) in [5, 5.41) is 20.4. The Hall–Kier alpha value is -2.11. The van der Waals surface area contributed by atoms with E-state index in [1.807, 2.05) is 0 Å². The molecular weight excluding hydrogens is 253 g/mol. The molecule has 1 amide bonds. The lowest BCUT2D eigenvalue weighted by atomic mass is 9.86. The number of aliphatic carboxylic acids is 1. The number of halogens is 1. The van der Waals surface area contributed by atoms with Crippen LogP contribution in [-0.4, -0.2) is 28.1 Å². The zero-order chi connectivity index (χ0) is 14.8. The maximum Gasteiger partial charge on any atom is 0.326 e. The lowest BCUT2D eigenvalue weighted by Gasteiger charge is -2.27. The smallest absolute Gasteiger partial charge is 0.326 e. The molecular formula is C13H16FNO4. The molecule has 104 valence electrons. The fourth-order valence-electron chi connectivity index (χ4n) is 1.55. The van der Waals surface area contributed by atoms with E-state index in [0.717, 1.165) is 18.2 Å². The van der Waals surface area contributed by atoms with Crippen molar-refractivity contribution >= 4 is 11.9 Å². The zero-order valence-corrected chi connectivity index (χ0v) is 10.9. The number of carbonyl (C=O) groups is 2. The van der Waals surface area contributed by atoms with E-state index in [0.29, 0.717) is 0 Å². The maximum absolute atomic E-state index is 13.5. The Balaban J connectivity index is 2.98. The predicted octanol–water partition coefficient (Wildman–Crippen LogP) is 1.76. The number of aromatic hydroxyl groups is 1. The average molecular weight is 269 g/mol. The summed E-state index contributed by atoms with van der Waals surface area (Å²) in [6, 6.07) is 1.90. The van der Waals surface area contributed by atoms with Gasteiger partial charge in [-0.05, 0) is 17.5 Å². The molecule has 3 N–H and O–H groups in total. The van der Waals surface area contributed by atoms with Crippen molar-refractivity contribution in [3.8, 4) is 5.75 Å². The van der Waals surface area contributed by atoms with E-state index < -0.39 is 29.2 Å². The van der Waals surface area contributed by atoms with E-state index in [9.17, 15) is 14.0 Å². The van der Waals surface area contributed by atoms with Crippen LogP contribution in [0.15, 0.2) is 18.2 Å². The first-order valence-electron chi connectivity index (χ1n) is 5.65. The minimum Gasteiger partial charge on any atom is -0.508 e. The third-order valence-electron chi connectivity index (χ3n) is 2.59. The van der Waals surface area contributed by atoms with Crippen LogP contribution in [0.25, 0.3) is 0 Å². The van der Waals surface area contributed by atoms with Crippen LogP contribution >= 0.6 is 0 Å². The van der Waals surface area contributed by atoms with Gasteiger partial charge >= 0.3 is 5.97 Å². The Morgan fingerprint density at radius 2 is 1.89 bits per heavy atom. The molecule has 0 spiro atoms. The van der Waals surface area contributed by atoms with Crippen LogP contribution in [-0.2, 0) is 4.79 Å². The van der Waals surface area contributed by atoms with Crippen molar-refractivity contribution in [3.05, 3.63) is 29.6 Å². The lowest BCUT2D eigenvalue weighted by Crippen LogP contribution is -2.49. The second-order valence-electron chi connectivity index (χ2n) is 5.27. The third-order valence-corrected chi connectivity index (χ3v) is 2.59. The highest BCUT2D eigenvalue weighted by molar-refractivity contribution is 5.97. The molecule has 0 bridgehead atoms. The molecule has 0 fully saturated rings. The van der Waals surface area contributed by atoms with E-state index in [4.69, 9.17) is 10.2 Å². The molecule has 0 radical (unpaired) electrons. The fourth-order valence-corrected chi connectivity index (χ4v) is 1.55. The summed E-state index contributed by atoms with van der Waals surface area (Å²) in [5.74, 6) is -3.24. The largest absolute Gasteiger partial charge is 0.508 e. The topological polar surface area (TPSA) is 86.6 Å². The molecule has 1 unspecified atom stereocenters. The molecule has 1 aromatic carbocycles. The number of nitrogens with one attached hydrogen (secondary N) is 1. The first-order chi connectivity index (χ1) is 8.62. The highest BCUT2D eigenvalue weighted by Crippen LogP contribution is 2.21. The molecule has 0 heterocycles. The molecule has 0 aromatic heterocycles. The number of carboxylic acid groups (broad SMARTS) is 1. The maximum atomic E-state index is 13.5. The number of carboxylic acids is 1. The minimum atomic E-state index is -1.19. The fraction of sp³-hybridized carbons (Fsp3) is 0.385. The van der Waals surface area contributed by atoms with Gasteiger partial charge in [0.15, 0.2) is 0 Å². The average Bonchev–Trinajstić information content (AvgIpc) is 2.23. The quantitative estimate of drug-likeness (QED) is 0.780. The first kappa shape index (κ1) is 14.9. The molecule has 0 saturated heterocycles. The van der Waals surface area contributed by atoms with Crippen LogP contribution in [0, 0.1) is 11.2 Å². The molecule has 19 heavy (non-hydrogen) atoms. The zero-order valence-electron chi connectivity index (χ0n) is 10.9. The number of rotatable bonds is 3. The van der Waals surface area contributed by atoms with Crippen molar-refractivity contribution in [2.24, 2.45) is 5.41 Å². The summed E-state index contributed by atoms with van der Waals surface area (Å²) >= 11 is 0. The monoisotopic (exact) mass is 269 g/mol. The molecule has 0 saturated carbocycles. The number of phenols is 1. The standard InChI is InChI=1S/C13H16FNO4/c1-13(2,3)10(12(18)19)15-11(17)8-5-4-7(16)6-9(8)14/h4-6,10,16H,1-3H3,(H,15,17)(H,18,19). The van der Waals surface area contributed by atoms with E-state index in [1.54, 1.807) is 20.8 Å². The van der Waals surface area contributed by atoms with Gasteiger partial charge in [0, 0.05) is 6.07 Å². The van der Waals surface area contributed by atoms with E-state index in [-0.39, 0.29) is 11.3 Å². The van der Waals surface area contributed by atoms with Gasteiger partial charge in [-0.3, -0.25) is 4.79 Å². The number of carbonyl (C=O) groups excluding carboxylic acids is 1. The summed E-state index contributed by atoms with van der Waals surface area (Å²) in [5.41, 5.74) is -1.03. The number of hydrogen-bond acceptors (Lipinski definition) is 3. The summed E-state index contributed by atoms with van der Waals surface area (Å²) < 4.78 is 13.5. The van der Waals surface area contributed by atoms with Gasteiger partial charge in [0.05, 0.1) is 5.56 Å². The number of amides is 1. The molecule has 1 aromatic rings. The van der Waals surface area contributed by atoms with Crippen LogP contribution in [0.4, 0.5) is 4.39 Å². The molecule has 5 nitrogen and oxygen atoms in total. The summed E-state index contributed by atoms with van der Waals surface area (Å²) in [4.78, 5) is 22.9. The minimum absolute atomic E-state index is 0.306. The van der Waals surface area contributed by atoms with Crippen molar-refractivity contribution in [3.63, 3.8) is 0 Å². The Morgan fingerprint density at radius 3 is 2.32 bits per heavy atom. The second kappa shape index (κ2) is 5.26. The van der Waals surface area contributed by atoms with Crippen molar-refractivity contribution < 1.29 is 24.2 Å². The normalized spacial score (nSPS) is 12.8.